The summed E-state index contributed by atoms with van der Waals surface area (Å²) in [5, 5.41) is 8.65. The summed E-state index contributed by atoms with van der Waals surface area (Å²) in [6, 6.07) is 8.09. The van der Waals surface area contributed by atoms with Gasteiger partial charge in [-0.1, -0.05) is 36.3 Å². The number of hydrogen-bond donors (Lipinski definition) is 0. The number of carbonyl (C=O) groups excluding carboxylic acids is 1. The molecular weight excluding hydrogens is 354 g/mol. The standard InChI is InChI=1S/C20H25N7O/c1-3-4-5-17(28)25-10-12-26(13-11-25)19-18-20(22-14-21-19)27(24-23-18)16-8-6-15(2)7-9-16/h6-9,14H,3-5,10-13H2,1-2H3. The third-order valence-corrected chi connectivity index (χ3v) is 5.17. The Morgan fingerprint density at radius 1 is 1.07 bits per heavy atom. The molecule has 0 bridgehead atoms. The Hall–Kier alpha value is -3.03. The van der Waals surface area contributed by atoms with Crippen LogP contribution < -0.4 is 4.90 Å². The molecule has 1 aromatic carbocycles. The molecule has 1 aliphatic rings. The van der Waals surface area contributed by atoms with E-state index in [1.807, 2.05) is 29.2 Å². The fourth-order valence-electron chi connectivity index (χ4n) is 3.48. The molecule has 1 fully saturated rings. The maximum absolute atomic E-state index is 12.3. The minimum absolute atomic E-state index is 0.250. The van der Waals surface area contributed by atoms with Crippen LogP contribution in [0.5, 0.6) is 0 Å². The number of nitrogens with zero attached hydrogens (tertiary/aromatic N) is 7. The predicted octanol–water partition coefficient (Wildman–Crippen LogP) is 2.36. The van der Waals surface area contributed by atoms with Crippen LogP contribution in [0.1, 0.15) is 31.7 Å². The summed E-state index contributed by atoms with van der Waals surface area (Å²) in [5.41, 5.74) is 3.49. The van der Waals surface area contributed by atoms with Crippen LogP contribution in [0.4, 0.5) is 5.82 Å². The molecule has 2 aromatic heterocycles. The highest BCUT2D eigenvalue weighted by molar-refractivity contribution is 5.84. The number of aryl methyl sites for hydroxylation is 1. The second-order valence-corrected chi connectivity index (χ2v) is 7.18. The Morgan fingerprint density at radius 2 is 1.82 bits per heavy atom. The van der Waals surface area contributed by atoms with Crippen molar-refractivity contribution in [2.75, 3.05) is 31.1 Å². The van der Waals surface area contributed by atoms with E-state index < -0.39 is 0 Å². The van der Waals surface area contributed by atoms with Gasteiger partial charge in [-0.05, 0) is 25.5 Å². The van der Waals surface area contributed by atoms with E-state index in [1.54, 1.807) is 11.0 Å². The number of hydrogen-bond acceptors (Lipinski definition) is 6. The molecule has 4 rings (SSSR count). The van der Waals surface area contributed by atoms with Gasteiger partial charge in [0.25, 0.3) is 0 Å². The molecule has 146 valence electrons. The van der Waals surface area contributed by atoms with Crippen LogP contribution in [0, 0.1) is 6.92 Å². The first kappa shape index (κ1) is 18.3. The zero-order chi connectivity index (χ0) is 19.5. The van der Waals surface area contributed by atoms with Gasteiger partial charge >= 0.3 is 0 Å². The van der Waals surface area contributed by atoms with Crippen molar-refractivity contribution < 1.29 is 4.79 Å². The SMILES string of the molecule is CCCCC(=O)N1CCN(c2ncnc3c2nnn3-c2ccc(C)cc2)CC1. The number of benzene rings is 1. The first-order chi connectivity index (χ1) is 13.7. The van der Waals surface area contributed by atoms with Crippen molar-refractivity contribution in [1.29, 1.82) is 0 Å². The van der Waals surface area contributed by atoms with E-state index in [0.717, 1.165) is 37.4 Å². The van der Waals surface area contributed by atoms with Gasteiger partial charge in [-0.25, -0.2) is 9.97 Å². The molecule has 8 nitrogen and oxygen atoms in total. The van der Waals surface area contributed by atoms with Crippen molar-refractivity contribution in [3.63, 3.8) is 0 Å². The van der Waals surface area contributed by atoms with E-state index in [9.17, 15) is 4.79 Å². The molecule has 0 atom stereocenters. The minimum atomic E-state index is 0.250. The molecule has 1 saturated heterocycles. The van der Waals surface area contributed by atoms with Crippen LogP contribution in [0.2, 0.25) is 0 Å². The van der Waals surface area contributed by atoms with Gasteiger partial charge in [-0.2, -0.15) is 4.68 Å². The summed E-state index contributed by atoms with van der Waals surface area (Å²) in [4.78, 5) is 25.2. The highest BCUT2D eigenvalue weighted by Crippen LogP contribution is 2.23. The first-order valence-corrected chi connectivity index (χ1v) is 9.83. The second kappa shape index (κ2) is 7.92. The van der Waals surface area contributed by atoms with Gasteiger partial charge in [0.2, 0.25) is 5.91 Å². The van der Waals surface area contributed by atoms with Gasteiger partial charge in [-0.3, -0.25) is 4.79 Å². The number of amides is 1. The predicted molar refractivity (Wildman–Crippen MR) is 108 cm³/mol. The van der Waals surface area contributed by atoms with Crippen molar-refractivity contribution in [2.45, 2.75) is 33.1 Å². The number of anilines is 1. The van der Waals surface area contributed by atoms with Crippen molar-refractivity contribution >= 4 is 22.9 Å². The van der Waals surface area contributed by atoms with Crippen LogP contribution in [-0.4, -0.2) is 61.9 Å². The number of fused-ring (bicyclic) bond motifs is 1. The van der Waals surface area contributed by atoms with Crippen molar-refractivity contribution in [1.82, 2.24) is 29.9 Å². The second-order valence-electron chi connectivity index (χ2n) is 7.18. The summed E-state index contributed by atoms with van der Waals surface area (Å²) in [5.74, 6) is 1.03. The molecule has 0 spiro atoms. The van der Waals surface area contributed by atoms with Crippen LogP contribution >= 0.6 is 0 Å². The largest absolute Gasteiger partial charge is 0.351 e. The van der Waals surface area contributed by atoms with Gasteiger partial charge in [0.15, 0.2) is 17.0 Å². The summed E-state index contributed by atoms with van der Waals surface area (Å²) < 4.78 is 1.74. The maximum Gasteiger partial charge on any atom is 0.222 e. The van der Waals surface area contributed by atoms with Gasteiger partial charge in [0, 0.05) is 32.6 Å². The van der Waals surface area contributed by atoms with E-state index in [-0.39, 0.29) is 5.91 Å². The van der Waals surface area contributed by atoms with Crippen molar-refractivity contribution in [3.05, 3.63) is 36.2 Å². The molecule has 0 unspecified atom stereocenters. The normalized spacial score (nSPS) is 14.6. The zero-order valence-corrected chi connectivity index (χ0v) is 16.4. The number of carbonyl (C=O) groups is 1. The maximum atomic E-state index is 12.3. The Labute approximate surface area is 164 Å². The summed E-state index contributed by atoms with van der Waals surface area (Å²) in [6.07, 6.45) is 4.19. The Bertz CT molecular complexity index is 958. The monoisotopic (exact) mass is 379 g/mol. The zero-order valence-electron chi connectivity index (χ0n) is 16.4. The summed E-state index contributed by atoms with van der Waals surface area (Å²) in [7, 11) is 0. The highest BCUT2D eigenvalue weighted by Gasteiger charge is 2.24. The van der Waals surface area contributed by atoms with Gasteiger partial charge in [0.1, 0.15) is 6.33 Å². The molecule has 8 heteroatoms. The molecule has 3 aromatic rings. The number of unbranched alkanes of at least 4 members (excludes halogenated alkanes) is 1. The lowest BCUT2D eigenvalue weighted by atomic mass is 10.2. The molecule has 28 heavy (non-hydrogen) atoms. The minimum Gasteiger partial charge on any atom is -0.351 e. The number of rotatable bonds is 5. The molecule has 1 aliphatic heterocycles. The molecule has 0 N–H and O–H groups in total. The molecular formula is C20H25N7O. The average molecular weight is 379 g/mol. The Kier molecular flexibility index (Phi) is 5.18. The van der Waals surface area contributed by atoms with Crippen LogP contribution in [0.3, 0.4) is 0 Å². The van der Waals surface area contributed by atoms with Crippen LogP contribution in [0.15, 0.2) is 30.6 Å². The summed E-state index contributed by atoms with van der Waals surface area (Å²) in [6.45, 7) is 7.05. The number of piperazine rings is 1. The average Bonchev–Trinajstić information content (AvgIpc) is 3.17. The van der Waals surface area contributed by atoms with E-state index >= 15 is 0 Å². The molecule has 0 saturated carbocycles. The smallest absolute Gasteiger partial charge is 0.222 e. The Morgan fingerprint density at radius 3 is 2.54 bits per heavy atom. The lowest BCUT2D eigenvalue weighted by molar-refractivity contribution is -0.131. The third kappa shape index (κ3) is 3.54. The van der Waals surface area contributed by atoms with Crippen molar-refractivity contribution in [3.8, 4) is 5.69 Å². The molecule has 0 aliphatic carbocycles. The third-order valence-electron chi connectivity index (χ3n) is 5.17. The van der Waals surface area contributed by atoms with E-state index in [1.165, 1.54) is 5.56 Å². The van der Waals surface area contributed by atoms with Crippen molar-refractivity contribution in [2.24, 2.45) is 0 Å². The highest BCUT2D eigenvalue weighted by atomic mass is 16.2. The quantitative estimate of drug-likeness (QED) is 0.677. The fraction of sp³-hybridized carbons (Fsp3) is 0.450. The van der Waals surface area contributed by atoms with E-state index in [2.05, 4.69) is 39.0 Å². The molecule has 1 amide bonds. The summed E-state index contributed by atoms with van der Waals surface area (Å²) >= 11 is 0. The molecule has 0 radical (unpaired) electrons. The molecule has 3 heterocycles. The van der Waals surface area contributed by atoms with E-state index in [0.29, 0.717) is 30.7 Å². The van der Waals surface area contributed by atoms with Gasteiger partial charge in [0.05, 0.1) is 5.69 Å². The lowest BCUT2D eigenvalue weighted by Gasteiger charge is -2.35. The first-order valence-electron chi connectivity index (χ1n) is 9.83. The number of aromatic nitrogens is 5. The van der Waals surface area contributed by atoms with E-state index in [4.69, 9.17) is 0 Å². The fourth-order valence-corrected chi connectivity index (χ4v) is 3.48. The van der Waals surface area contributed by atoms with Gasteiger partial charge < -0.3 is 9.80 Å². The Balaban J connectivity index is 1.54. The van der Waals surface area contributed by atoms with Crippen LogP contribution in [0.25, 0.3) is 16.9 Å². The van der Waals surface area contributed by atoms with Gasteiger partial charge in [-0.15, -0.1) is 5.10 Å². The lowest BCUT2D eigenvalue weighted by Crippen LogP contribution is -2.49. The topological polar surface area (TPSA) is 80.0 Å². The van der Waals surface area contributed by atoms with Crippen LogP contribution in [-0.2, 0) is 4.79 Å².